The molecule has 0 aromatic carbocycles. The van der Waals surface area contributed by atoms with Gasteiger partial charge in [-0.15, -0.1) is 0 Å². The number of esters is 1. The van der Waals surface area contributed by atoms with Gasteiger partial charge in [-0.3, -0.25) is 23.8 Å². The van der Waals surface area contributed by atoms with Crippen molar-refractivity contribution in [2.24, 2.45) is 35.5 Å². The lowest BCUT2D eigenvalue weighted by Crippen LogP contribution is -2.62. The Kier molecular flexibility index (Phi) is 23.6. The number of nitrogens with one attached hydrogen (secondary N) is 1. The van der Waals surface area contributed by atoms with Crippen LogP contribution < -0.4 is 4.72 Å². The number of methoxy groups -OCH3 is 2. The van der Waals surface area contributed by atoms with E-state index in [1.165, 1.54) is 12.0 Å². The number of aliphatic hydroxyl groups is 3. The topological polar surface area (TPSA) is 225 Å². The summed E-state index contributed by atoms with van der Waals surface area (Å²) in [6.45, 7) is 16.5. The largest absolute Gasteiger partial charge is 0.461 e. The maximum atomic E-state index is 14.6. The molecule has 71 heavy (non-hydrogen) atoms. The van der Waals surface area contributed by atoms with Gasteiger partial charge < -0.3 is 38.8 Å². The molecule has 406 valence electrons. The van der Waals surface area contributed by atoms with E-state index < -0.39 is 89.5 Å². The van der Waals surface area contributed by atoms with Crippen molar-refractivity contribution in [2.75, 3.05) is 40.3 Å². The Bertz CT molecular complexity index is 2060. The van der Waals surface area contributed by atoms with Crippen LogP contribution >= 0.6 is 7.37 Å². The number of piperidine rings is 1. The first-order chi connectivity index (χ1) is 33.2. The molecule has 3 heterocycles. The van der Waals surface area contributed by atoms with Gasteiger partial charge in [0, 0.05) is 52.0 Å². The highest BCUT2D eigenvalue weighted by atomic mass is 32.2. The van der Waals surface area contributed by atoms with E-state index in [2.05, 4.69) is 11.6 Å². The monoisotopic (exact) mass is 1040 g/mol. The fraction of sp³-hybridized carbons (Fsp3) is 0.792. The Morgan fingerprint density at radius 2 is 1.58 bits per heavy atom. The highest BCUT2D eigenvalue weighted by Crippen LogP contribution is 2.45. The summed E-state index contributed by atoms with van der Waals surface area (Å²) in [5, 5.41) is 35.6. The van der Waals surface area contributed by atoms with Gasteiger partial charge in [-0.05, 0) is 120 Å². The van der Waals surface area contributed by atoms with E-state index in [1.807, 2.05) is 39.0 Å². The molecule has 4 rings (SSSR count). The molecule has 0 radical (unpaired) electrons. The van der Waals surface area contributed by atoms with Gasteiger partial charge >= 0.3 is 5.97 Å². The second kappa shape index (κ2) is 27.4. The van der Waals surface area contributed by atoms with Gasteiger partial charge in [0.05, 0.1) is 24.6 Å². The molecule has 0 spiro atoms. The number of carbonyl (C=O) groups excluding carboxylic acids is 3. The Balaban J connectivity index is 1.70. The van der Waals surface area contributed by atoms with Crippen LogP contribution in [0.4, 0.5) is 0 Å². The van der Waals surface area contributed by atoms with E-state index in [-0.39, 0.29) is 54.6 Å². The number of allylic oxidation sites excluding steroid dienone is 6. The summed E-state index contributed by atoms with van der Waals surface area (Å²) in [4.78, 5) is 44.2. The van der Waals surface area contributed by atoms with Gasteiger partial charge in [-0.2, -0.15) is 0 Å². The van der Waals surface area contributed by atoms with Crippen LogP contribution in [-0.4, -0.2) is 147 Å². The fourth-order valence-electron chi connectivity index (χ4n) is 11.0. The zero-order chi connectivity index (χ0) is 53.0. The number of fused-ring (bicyclic) bond motifs is 3. The smallest absolute Gasteiger partial charge is 0.323 e. The van der Waals surface area contributed by atoms with Crippen LogP contribution in [0.2, 0.25) is 0 Å². The van der Waals surface area contributed by atoms with Gasteiger partial charge in [0.25, 0.3) is 0 Å². The number of sulfonamides is 1. The quantitative estimate of drug-likeness (QED) is 0.101. The highest BCUT2D eigenvalue weighted by molar-refractivity contribution is 7.88. The minimum Gasteiger partial charge on any atom is -0.461 e. The predicted molar refractivity (Wildman–Crippen MR) is 275 cm³/mol. The lowest BCUT2D eigenvalue weighted by atomic mass is 9.78. The second-order valence-corrected chi connectivity index (χ2v) is 26.4. The first-order valence-electron chi connectivity index (χ1n) is 25.9. The molecule has 16 nitrogen and oxygen atoms in total. The van der Waals surface area contributed by atoms with Crippen molar-refractivity contribution in [3.63, 3.8) is 0 Å². The number of ether oxygens (including phenoxy) is 4. The zero-order valence-corrected chi connectivity index (χ0v) is 46.4. The number of carbonyl (C=O) groups is 3. The molecule has 1 unspecified atom stereocenters. The molecule has 4 N–H and O–H groups in total. The van der Waals surface area contributed by atoms with Gasteiger partial charge in [0.2, 0.25) is 21.6 Å². The van der Waals surface area contributed by atoms with Gasteiger partial charge in [0.15, 0.2) is 19.4 Å². The minimum atomic E-state index is -3.71. The number of ketones is 2. The maximum absolute atomic E-state index is 14.6. The Morgan fingerprint density at radius 1 is 0.873 bits per heavy atom. The number of aliphatic hydroxyl groups excluding tert-OH is 2. The summed E-state index contributed by atoms with van der Waals surface area (Å²) in [6, 6.07) is -1.76. The van der Waals surface area contributed by atoms with Crippen molar-refractivity contribution < 1.29 is 66.2 Å². The standard InChI is InChI=1S/C53H89N2O14PS/c1-33-18-14-13-15-19-35(3)42(54-71(12,63)64)32-41-24-22-39(7)53(61,68-41)50(58)51(59)55-27-17-16-20-43(55)52(60)67-44(36(4)30-40-23-26-45(46(31-40)65-8)69-70(10,11)62)25-21-34(2)29-38(6)48(57)49(66-9)47(56)37(5)28-33/h13-15,18-19,29,33-34,36-37,39-46,48-49,51,54,57,59,61H,16-17,20-28,30-32H2,1-12H3/b15-13+,18-14+,35-19+,38-29+/t33-,34+,36-,37-,39-,40+,41+,42-,43+,44+,45-,46-,48-,49+,51?,53-/m1/s1. The van der Waals surface area contributed by atoms with Crippen molar-refractivity contribution >= 4 is 34.9 Å². The van der Waals surface area contributed by atoms with E-state index in [9.17, 15) is 42.7 Å². The molecular weight excluding hydrogens is 952 g/mol. The maximum Gasteiger partial charge on any atom is 0.323 e. The van der Waals surface area contributed by atoms with Crippen molar-refractivity contribution in [1.82, 2.24) is 9.62 Å². The number of Topliss-reactive ketones (excluding diaryl/α,β-unsaturated/α-hetero) is 2. The normalized spacial score (nSPS) is 39.7. The highest BCUT2D eigenvalue weighted by Gasteiger charge is 2.53. The third-order valence-electron chi connectivity index (χ3n) is 15.2. The van der Waals surface area contributed by atoms with E-state index in [0.717, 1.165) is 12.7 Å². The van der Waals surface area contributed by atoms with Crippen LogP contribution in [0.25, 0.3) is 0 Å². The lowest BCUT2D eigenvalue weighted by molar-refractivity contribution is -0.273. The molecule has 0 aromatic rings. The Labute approximate surface area is 425 Å². The zero-order valence-electron chi connectivity index (χ0n) is 44.7. The number of nitrogens with zero attached hydrogens (tertiary/aromatic N) is 1. The molecule has 16 atom stereocenters. The Morgan fingerprint density at radius 3 is 2.23 bits per heavy atom. The lowest BCUT2D eigenvalue weighted by Gasteiger charge is -2.45. The minimum absolute atomic E-state index is 0.00967. The summed E-state index contributed by atoms with van der Waals surface area (Å²) in [5.41, 5.74) is 1.24. The molecule has 1 aliphatic carbocycles. The molecule has 3 fully saturated rings. The SMILES string of the molecule is CO[C@@H]1C[C@H](C[C@@H](C)[C@@H]2CC[C@H](C)/C=C(\C)[C@@H](O)[C@@H](OC)C(=O)[C@H](C)C[C@H](C)/C=C/C=C/C=C(\C)[C@H](NS(C)(=O)=O)C[C@@H]3CC[C@@H](C)[C@@](O)(O3)C(=O)C(O)N3CCCC[C@H]3C(=O)O2)CC[C@H]1OP(C)(C)=O. The molecule has 2 saturated heterocycles. The number of hydrogen-bond acceptors (Lipinski definition) is 15. The molecule has 4 aliphatic rings. The van der Waals surface area contributed by atoms with Crippen molar-refractivity contribution in [1.29, 1.82) is 0 Å². The third kappa shape index (κ3) is 18.1. The van der Waals surface area contributed by atoms with E-state index >= 15 is 0 Å². The molecule has 3 aliphatic heterocycles. The van der Waals surface area contributed by atoms with Gasteiger partial charge in [0.1, 0.15) is 24.4 Å². The first kappa shape index (κ1) is 61.1. The molecule has 0 aromatic heterocycles. The van der Waals surface area contributed by atoms with Crippen LogP contribution in [0.5, 0.6) is 0 Å². The van der Waals surface area contributed by atoms with Crippen LogP contribution in [-0.2, 0) is 52.4 Å². The summed E-state index contributed by atoms with van der Waals surface area (Å²) in [7, 11) is -3.42. The van der Waals surface area contributed by atoms with Crippen LogP contribution in [0.3, 0.4) is 0 Å². The number of hydrogen-bond donors (Lipinski definition) is 4. The van der Waals surface area contributed by atoms with Crippen LogP contribution in [0, 0.1) is 35.5 Å². The molecule has 0 amide bonds. The number of cyclic esters (lactones) is 1. The summed E-state index contributed by atoms with van der Waals surface area (Å²) >= 11 is 0. The average molecular weight is 1040 g/mol. The van der Waals surface area contributed by atoms with Crippen LogP contribution in [0.15, 0.2) is 47.6 Å². The van der Waals surface area contributed by atoms with Gasteiger partial charge in [-0.1, -0.05) is 83.1 Å². The molecule has 1 saturated carbocycles. The van der Waals surface area contributed by atoms with Crippen molar-refractivity contribution in [2.45, 2.75) is 193 Å². The number of rotatable bonds is 9. The predicted octanol–water partition coefficient (Wildman–Crippen LogP) is 7.26. The second-order valence-electron chi connectivity index (χ2n) is 21.9. The molecular formula is C53H89N2O14PS. The molecule has 18 heteroatoms. The Hall–Kier alpha value is -2.41. The van der Waals surface area contributed by atoms with E-state index in [1.54, 1.807) is 59.4 Å². The summed E-state index contributed by atoms with van der Waals surface area (Å²) < 4.78 is 70.6. The van der Waals surface area contributed by atoms with Gasteiger partial charge in [-0.25, -0.2) is 13.1 Å². The summed E-state index contributed by atoms with van der Waals surface area (Å²) in [5.74, 6) is -5.45. The third-order valence-corrected chi connectivity index (χ3v) is 16.7. The average Bonchev–Trinajstić information content (AvgIpc) is 3.29. The van der Waals surface area contributed by atoms with Crippen LogP contribution in [0.1, 0.15) is 132 Å². The summed E-state index contributed by atoms with van der Waals surface area (Å²) in [6.07, 6.45) is 12.8. The first-order valence-corrected chi connectivity index (χ1v) is 30.4. The van der Waals surface area contributed by atoms with E-state index in [4.69, 9.17) is 23.5 Å². The van der Waals surface area contributed by atoms with Crippen molar-refractivity contribution in [3.8, 4) is 0 Å². The van der Waals surface area contributed by atoms with Crippen molar-refractivity contribution in [3.05, 3.63) is 47.6 Å². The molecule has 2 bridgehead atoms. The van der Waals surface area contributed by atoms with E-state index in [0.29, 0.717) is 81.8 Å². The fourth-order valence-corrected chi connectivity index (χ4v) is 12.7.